The maximum atomic E-state index is 13.2. The van der Waals surface area contributed by atoms with E-state index in [2.05, 4.69) is 10.1 Å². The van der Waals surface area contributed by atoms with E-state index in [1.807, 2.05) is 30.3 Å². The van der Waals surface area contributed by atoms with Crippen LogP contribution in [0.2, 0.25) is 0 Å². The molecule has 158 valence electrons. The van der Waals surface area contributed by atoms with Crippen LogP contribution in [0.15, 0.2) is 70.4 Å². The van der Waals surface area contributed by atoms with Crippen LogP contribution in [0.3, 0.4) is 0 Å². The van der Waals surface area contributed by atoms with Crippen LogP contribution in [0, 0.1) is 0 Å². The summed E-state index contributed by atoms with van der Waals surface area (Å²) in [6, 6.07) is 17.5. The molecule has 31 heavy (non-hydrogen) atoms. The molecule has 0 bridgehead atoms. The number of sulfonamides is 1. The van der Waals surface area contributed by atoms with E-state index < -0.39 is 10.0 Å². The lowest BCUT2D eigenvalue weighted by Crippen LogP contribution is -2.40. The Morgan fingerprint density at radius 3 is 2.52 bits per heavy atom. The Labute approximate surface area is 178 Å². The molecule has 0 fully saturated rings. The predicted octanol–water partition coefficient (Wildman–Crippen LogP) is 2.45. The summed E-state index contributed by atoms with van der Waals surface area (Å²) in [6.45, 7) is 0.279. The zero-order valence-corrected chi connectivity index (χ0v) is 17.6. The summed E-state index contributed by atoms with van der Waals surface area (Å²) in [5, 5.41) is 3.09. The Morgan fingerprint density at radius 2 is 1.81 bits per heavy atom. The minimum absolute atomic E-state index is 0.00176. The molecule has 0 amide bonds. The van der Waals surface area contributed by atoms with Crippen LogP contribution in [-0.4, -0.2) is 41.0 Å². The SMILES string of the molecule is COc1ccc(-c2cc3nc4c(c(=O)n3[nH]2)CN(S(=O)(=O)c2ccccc2)CC4)cc1. The van der Waals surface area contributed by atoms with Gasteiger partial charge in [-0.1, -0.05) is 18.2 Å². The molecular weight excluding hydrogens is 416 g/mol. The third-order valence-corrected chi connectivity index (χ3v) is 7.37. The van der Waals surface area contributed by atoms with Crippen LogP contribution in [0.1, 0.15) is 11.3 Å². The summed E-state index contributed by atoms with van der Waals surface area (Å²) in [4.78, 5) is 18.0. The first kappa shape index (κ1) is 19.5. The van der Waals surface area contributed by atoms with E-state index in [-0.39, 0.29) is 23.5 Å². The number of benzene rings is 2. The fraction of sp³-hybridized carbons (Fsp3) is 0.182. The number of rotatable bonds is 4. The molecule has 1 aliphatic rings. The first-order chi connectivity index (χ1) is 15.0. The lowest BCUT2D eigenvalue weighted by atomic mass is 10.1. The van der Waals surface area contributed by atoms with E-state index in [4.69, 9.17) is 4.74 Å². The molecule has 0 spiro atoms. The maximum absolute atomic E-state index is 13.2. The van der Waals surface area contributed by atoms with Crippen molar-refractivity contribution in [3.05, 3.63) is 82.3 Å². The van der Waals surface area contributed by atoms with Crippen molar-refractivity contribution in [2.45, 2.75) is 17.9 Å². The highest BCUT2D eigenvalue weighted by Gasteiger charge is 2.31. The summed E-state index contributed by atoms with van der Waals surface area (Å²) < 4.78 is 33.9. The van der Waals surface area contributed by atoms with Gasteiger partial charge in [-0.05, 0) is 42.0 Å². The monoisotopic (exact) mass is 436 g/mol. The van der Waals surface area contributed by atoms with Gasteiger partial charge in [0.05, 0.1) is 29.0 Å². The first-order valence-corrected chi connectivity index (χ1v) is 11.2. The zero-order valence-electron chi connectivity index (χ0n) is 16.8. The van der Waals surface area contributed by atoms with E-state index in [0.29, 0.717) is 23.3 Å². The number of ether oxygens (including phenoxy) is 1. The molecule has 5 rings (SSSR count). The van der Waals surface area contributed by atoms with E-state index in [9.17, 15) is 13.2 Å². The number of nitrogens with zero attached hydrogens (tertiary/aromatic N) is 3. The number of H-pyrrole nitrogens is 1. The highest BCUT2D eigenvalue weighted by Crippen LogP contribution is 2.25. The lowest BCUT2D eigenvalue weighted by molar-refractivity contribution is 0.384. The highest BCUT2D eigenvalue weighted by molar-refractivity contribution is 7.89. The third kappa shape index (κ3) is 3.31. The summed E-state index contributed by atoms with van der Waals surface area (Å²) in [7, 11) is -2.08. The summed E-state index contributed by atoms with van der Waals surface area (Å²) >= 11 is 0. The molecule has 2 aromatic heterocycles. The number of fused-ring (bicyclic) bond motifs is 2. The number of nitrogens with one attached hydrogen (secondary N) is 1. The third-order valence-electron chi connectivity index (χ3n) is 5.51. The standard InChI is InChI=1S/C22H20N4O4S/c1-30-16-9-7-15(8-10-16)20-13-21-23-19-11-12-25(14-18(19)22(27)26(21)24-20)31(28,29)17-5-3-2-4-6-17/h2-10,13,24H,11-12,14H2,1H3. The van der Waals surface area contributed by atoms with Crippen LogP contribution in [0.5, 0.6) is 5.75 Å². The number of aromatic nitrogens is 3. The Kier molecular flexibility index (Phi) is 4.64. The molecule has 9 heteroatoms. The van der Waals surface area contributed by atoms with Gasteiger partial charge in [-0.25, -0.2) is 17.9 Å². The molecule has 0 unspecified atom stereocenters. The van der Waals surface area contributed by atoms with Gasteiger partial charge < -0.3 is 4.74 Å². The normalized spacial score (nSPS) is 14.5. The summed E-state index contributed by atoms with van der Waals surface area (Å²) in [6.07, 6.45) is 0.385. The van der Waals surface area contributed by atoms with Gasteiger partial charge in [0.1, 0.15) is 5.75 Å². The molecule has 4 aromatic rings. The van der Waals surface area contributed by atoms with E-state index in [1.54, 1.807) is 37.4 Å². The molecule has 2 aromatic carbocycles. The number of aromatic amines is 1. The van der Waals surface area contributed by atoms with Crippen LogP contribution in [-0.2, 0) is 23.0 Å². The topological polar surface area (TPSA) is 96.8 Å². The van der Waals surface area contributed by atoms with E-state index in [1.165, 1.54) is 8.82 Å². The quantitative estimate of drug-likeness (QED) is 0.530. The lowest BCUT2D eigenvalue weighted by Gasteiger charge is -2.26. The maximum Gasteiger partial charge on any atom is 0.277 e. The van der Waals surface area contributed by atoms with Gasteiger partial charge in [0.15, 0.2) is 5.65 Å². The van der Waals surface area contributed by atoms with Gasteiger partial charge in [-0.15, -0.1) is 0 Å². The Morgan fingerprint density at radius 1 is 1.06 bits per heavy atom. The van der Waals surface area contributed by atoms with Gasteiger partial charge in [0.25, 0.3) is 5.56 Å². The van der Waals surface area contributed by atoms with Crippen LogP contribution >= 0.6 is 0 Å². The van der Waals surface area contributed by atoms with Gasteiger partial charge in [-0.3, -0.25) is 9.89 Å². The van der Waals surface area contributed by atoms with Crippen LogP contribution in [0.4, 0.5) is 0 Å². The molecule has 0 atom stereocenters. The largest absolute Gasteiger partial charge is 0.497 e. The molecule has 0 saturated carbocycles. The average Bonchev–Trinajstić information content (AvgIpc) is 3.24. The van der Waals surface area contributed by atoms with Crippen molar-refractivity contribution in [2.75, 3.05) is 13.7 Å². The molecule has 1 aliphatic heterocycles. The molecule has 1 N–H and O–H groups in total. The van der Waals surface area contributed by atoms with Gasteiger partial charge in [0.2, 0.25) is 10.0 Å². The fourth-order valence-corrected chi connectivity index (χ4v) is 5.25. The van der Waals surface area contributed by atoms with E-state index in [0.717, 1.165) is 17.0 Å². The molecule has 0 radical (unpaired) electrons. The van der Waals surface area contributed by atoms with E-state index >= 15 is 0 Å². The molecular formula is C22H20N4O4S. The van der Waals surface area contributed by atoms with Gasteiger partial charge in [-0.2, -0.15) is 4.31 Å². The summed E-state index contributed by atoms with van der Waals surface area (Å²) in [5.74, 6) is 0.741. The highest BCUT2D eigenvalue weighted by atomic mass is 32.2. The van der Waals surface area contributed by atoms with Crippen molar-refractivity contribution in [1.29, 1.82) is 0 Å². The second kappa shape index (κ2) is 7.36. The van der Waals surface area contributed by atoms with Gasteiger partial charge in [0, 0.05) is 25.6 Å². The van der Waals surface area contributed by atoms with Crippen molar-refractivity contribution < 1.29 is 13.2 Å². The van der Waals surface area contributed by atoms with Gasteiger partial charge >= 0.3 is 0 Å². The van der Waals surface area contributed by atoms with Crippen LogP contribution in [0.25, 0.3) is 16.9 Å². The Bertz CT molecular complexity index is 1420. The minimum atomic E-state index is -3.68. The smallest absolute Gasteiger partial charge is 0.277 e. The molecule has 0 aliphatic carbocycles. The Hall–Kier alpha value is -3.43. The molecule has 8 nitrogen and oxygen atoms in total. The predicted molar refractivity (Wildman–Crippen MR) is 116 cm³/mol. The van der Waals surface area contributed by atoms with Crippen molar-refractivity contribution in [3.8, 4) is 17.0 Å². The van der Waals surface area contributed by atoms with Crippen LogP contribution < -0.4 is 10.3 Å². The molecule has 3 heterocycles. The Balaban J connectivity index is 1.53. The van der Waals surface area contributed by atoms with Crippen molar-refractivity contribution >= 4 is 15.7 Å². The second-order valence-electron chi connectivity index (χ2n) is 7.34. The average molecular weight is 436 g/mol. The molecule has 0 saturated heterocycles. The second-order valence-corrected chi connectivity index (χ2v) is 9.27. The number of hydrogen-bond acceptors (Lipinski definition) is 5. The first-order valence-electron chi connectivity index (χ1n) is 9.80. The summed E-state index contributed by atoms with van der Waals surface area (Å²) in [5.41, 5.74) is 2.89. The van der Waals surface area contributed by atoms with Crippen molar-refractivity contribution in [2.24, 2.45) is 0 Å². The van der Waals surface area contributed by atoms with Crippen molar-refractivity contribution in [1.82, 2.24) is 18.9 Å². The fourth-order valence-electron chi connectivity index (χ4n) is 3.82. The number of hydrogen-bond donors (Lipinski definition) is 1. The van der Waals surface area contributed by atoms with Crippen molar-refractivity contribution in [3.63, 3.8) is 0 Å². The number of methoxy groups -OCH3 is 1. The minimum Gasteiger partial charge on any atom is -0.497 e. The zero-order chi connectivity index (χ0) is 21.6.